The van der Waals surface area contributed by atoms with E-state index in [9.17, 15) is 0 Å². The van der Waals surface area contributed by atoms with E-state index in [1.54, 1.807) is 0 Å². The van der Waals surface area contributed by atoms with E-state index < -0.39 is 0 Å². The fraction of sp³-hybridized carbons (Fsp3) is 0.0526. The predicted molar refractivity (Wildman–Crippen MR) is 93.6 cm³/mol. The standard InChI is InChI=1S/C19H17NS/c1-14-13-16(9-12-19(14)21)15-7-10-18(11-8-15)20-17-5-3-2-4-6-17/h2-13,20-21H,1H3. The van der Waals surface area contributed by atoms with Crippen molar-refractivity contribution >= 4 is 24.0 Å². The van der Waals surface area contributed by atoms with Crippen molar-refractivity contribution < 1.29 is 0 Å². The van der Waals surface area contributed by atoms with E-state index in [0.29, 0.717) is 0 Å². The van der Waals surface area contributed by atoms with Crippen LogP contribution in [0, 0.1) is 6.92 Å². The van der Waals surface area contributed by atoms with E-state index in [2.05, 4.69) is 73.4 Å². The number of thiol groups is 1. The normalized spacial score (nSPS) is 10.4. The Bertz CT molecular complexity index is 733. The highest BCUT2D eigenvalue weighted by Crippen LogP contribution is 2.26. The molecule has 0 bridgehead atoms. The summed E-state index contributed by atoms with van der Waals surface area (Å²) in [5.41, 5.74) is 5.82. The topological polar surface area (TPSA) is 12.0 Å². The van der Waals surface area contributed by atoms with Gasteiger partial charge in [0.05, 0.1) is 0 Å². The molecule has 2 heteroatoms. The highest BCUT2D eigenvalue weighted by molar-refractivity contribution is 7.80. The Morgan fingerprint density at radius 3 is 2.00 bits per heavy atom. The third kappa shape index (κ3) is 3.29. The van der Waals surface area contributed by atoms with Crippen molar-refractivity contribution in [1.29, 1.82) is 0 Å². The fourth-order valence-electron chi connectivity index (χ4n) is 2.27. The smallest absolute Gasteiger partial charge is 0.0384 e. The lowest BCUT2D eigenvalue weighted by Gasteiger charge is -2.09. The lowest BCUT2D eigenvalue weighted by Crippen LogP contribution is -1.89. The Morgan fingerprint density at radius 2 is 1.33 bits per heavy atom. The van der Waals surface area contributed by atoms with Gasteiger partial charge in [0, 0.05) is 16.3 Å². The van der Waals surface area contributed by atoms with Crippen LogP contribution < -0.4 is 5.32 Å². The van der Waals surface area contributed by atoms with Crippen LogP contribution in [0.2, 0.25) is 0 Å². The highest BCUT2D eigenvalue weighted by atomic mass is 32.1. The number of anilines is 2. The molecule has 0 aliphatic rings. The molecule has 0 saturated heterocycles. The SMILES string of the molecule is Cc1cc(-c2ccc(Nc3ccccc3)cc2)ccc1S. The molecule has 3 rings (SSSR count). The second-order valence-corrected chi connectivity index (χ2v) is 5.55. The van der Waals surface area contributed by atoms with Crippen molar-refractivity contribution in [2.24, 2.45) is 0 Å². The van der Waals surface area contributed by atoms with Crippen molar-refractivity contribution in [3.8, 4) is 11.1 Å². The van der Waals surface area contributed by atoms with Crippen LogP contribution in [0.1, 0.15) is 5.56 Å². The molecule has 0 spiro atoms. The summed E-state index contributed by atoms with van der Waals surface area (Å²) in [4.78, 5) is 1.03. The van der Waals surface area contributed by atoms with Crippen LogP contribution in [0.15, 0.2) is 77.7 Å². The molecule has 0 amide bonds. The summed E-state index contributed by atoms with van der Waals surface area (Å²) in [5.74, 6) is 0. The quantitative estimate of drug-likeness (QED) is 0.590. The molecule has 0 saturated carbocycles. The van der Waals surface area contributed by atoms with Crippen LogP contribution >= 0.6 is 12.6 Å². The first kappa shape index (κ1) is 13.8. The zero-order valence-corrected chi connectivity index (χ0v) is 12.8. The van der Waals surface area contributed by atoms with Gasteiger partial charge >= 0.3 is 0 Å². The third-order valence-electron chi connectivity index (χ3n) is 3.48. The molecule has 104 valence electrons. The van der Waals surface area contributed by atoms with Gasteiger partial charge in [-0.2, -0.15) is 0 Å². The van der Waals surface area contributed by atoms with Crippen LogP contribution in [0.3, 0.4) is 0 Å². The van der Waals surface area contributed by atoms with Crippen molar-refractivity contribution in [1.82, 2.24) is 0 Å². The van der Waals surface area contributed by atoms with Gasteiger partial charge in [0.25, 0.3) is 0 Å². The maximum atomic E-state index is 4.42. The van der Waals surface area contributed by atoms with E-state index in [0.717, 1.165) is 16.3 Å². The molecule has 0 aliphatic heterocycles. The summed E-state index contributed by atoms with van der Waals surface area (Å²) in [5, 5.41) is 3.39. The van der Waals surface area contributed by atoms with Gasteiger partial charge in [-0.3, -0.25) is 0 Å². The lowest BCUT2D eigenvalue weighted by atomic mass is 10.0. The van der Waals surface area contributed by atoms with Gasteiger partial charge in [0.1, 0.15) is 0 Å². The van der Waals surface area contributed by atoms with Gasteiger partial charge in [-0.05, 0) is 53.9 Å². The molecule has 1 nitrogen and oxygen atoms in total. The predicted octanol–water partition coefficient (Wildman–Crippen LogP) is 5.69. The Balaban J connectivity index is 1.82. The fourth-order valence-corrected chi connectivity index (χ4v) is 2.41. The highest BCUT2D eigenvalue weighted by Gasteiger charge is 2.01. The molecule has 21 heavy (non-hydrogen) atoms. The van der Waals surface area contributed by atoms with Crippen molar-refractivity contribution in [3.05, 3.63) is 78.4 Å². The summed E-state index contributed by atoms with van der Waals surface area (Å²) in [7, 11) is 0. The molecular formula is C19H17NS. The maximum Gasteiger partial charge on any atom is 0.0384 e. The van der Waals surface area contributed by atoms with Crippen LogP contribution in [0.25, 0.3) is 11.1 Å². The Morgan fingerprint density at radius 1 is 0.714 bits per heavy atom. The van der Waals surface area contributed by atoms with Crippen molar-refractivity contribution in [2.75, 3.05) is 5.32 Å². The molecule has 0 aliphatic carbocycles. The summed E-state index contributed by atoms with van der Waals surface area (Å²) in [6.07, 6.45) is 0. The molecule has 0 fully saturated rings. The molecule has 0 unspecified atom stereocenters. The van der Waals surface area contributed by atoms with E-state index in [1.165, 1.54) is 16.7 Å². The van der Waals surface area contributed by atoms with Gasteiger partial charge in [0.15, 0.2) is 0 Å². The first-order chi connectivity index (χ1) is 10.2. The first-order valence-electron chi connectivity index (χ1n) is 6.94. The second-order valence-electron chi connectivity index (χ2n) is 5.07. The maximum absolute atomic E-state index is 4.42. The number of hydrogen-bond donors (Lipinski definition) is 2. The monoisotopic (exact) mass is 291 g/mol. The lowest BCUT2D eigenvalue weighted by molar-refractivity contribution is 1.31. The van der Waals surface area contributed by atoms with Crippen molar-refractivity contribution in [2.45, 2.75) is 11.8 Å². The summed E-state index contributed by atoms with van der Waals surface area (Å²) in [6.45, 7) is 2.08. The van der Waals surface area contributed by atoms with E-state index in [4.69, 9.17) is 0 Å². The van der Waals surface area contributed by atoms with Gasteiger partial charge in [-0.1, -0.05) is 42.5 Å². The molecule has 0 atom stereocenters. The molecule has 1 N–H and O–H groups in total. The Labute approximate surface area is 131 Å². The first-order valence-corrected chi connectivity index (χ1v) is 7.39. The summed E-state index contributed by atoms with van der Waals surface area (Å²) >= 11 is 4.42. The van der Waals surface area contributed by atoms with Gasteiger partial charge < -0.3 is 5.32 Å². The molecule has 0 heterocycles. The molecule has 3 aromatic rings. The second kappa shape index (κ2) is 6.06. The minimum absolute atomic E-state index is 1.03. The van der Waals surface area contributed by atoms with Crippen LogP contribution in [0.5, 0.6) is 0 Å². The molecule has 3 aromatic carbocycles. The minimum Gasteiger partial charge on any atom is -0.356 e. The third-order valence-corrected chi connectivity index (χ3v) is 3.98. The summed E-state index contributed by atoms with van der Waals surface area (Å²) < 4.78 is 0. The number of nitrogens with one attached hydrogen (secondary N) is 1. The van der Waals surface area contributed by atoms with Crippen LogP contribution in [-0.4, -0.2) is 0 Å². The Hall–Kier alpha value is -2.19. The molecule has 0 aromatic heterocycles. The number of aryl methyl sites for hydroxylation is 1. The van der Waals surface area contributed by atoms with Gasteiger partial charge in [0.2, 0.25) is 0 Å². The van der Waals surface area contributed by atoms with Gasteiger partial charge in [-0.25, -0.2) is 0 Å². The largest absolute Gasteiger partial charge is 0.356 e. The Kier molecular flexibility index (Phi) is 3.98. The molecular weight excluding hydrogens is 274 g/mol. The zero-order valence-electron chi connectivity index (χ0n) is 11.9. The van der Waals surface area contributed by atoms with E-state index in [-0.39, 0.29) is 0 Å². The summed E-state index contributed by atoms with van der Waals surface area (Å²) in [6, 6.07) is 25.0. The number of hydrogen-bond acceptors (Lipinski definition) is 2. The number of para-hydroxylation sites is 1. The van der Waals surface area contributed by atoms with E-state index >= 15 is 0 Å². The number of rotatable bonds is 3. The number of benzene rings is 3. The average Bonchev–Trinajstić information content (AvgIpc) is 2.52. The van der Waals surface area contributed by atoms with Crippen LogP contribution in [-0.2, 0) is 0 Å². The van der Waals surface area contributed by atoms with Gasteiger partial charge in [-0.15, -0.1) is 12.6 Å². The van der Waals surface area contributed by atoms with E-state index in [1.807, 2.05) is 24.3 Å². The van der Waals surface area contributed by atoms with Crippen molar-refractivity contribution in [3.63, 3.8) is 0 Å². The minimum atomic E-state index is 1.03. The van der Waals surface area contributed by atoms with Crippen LogP contribution in [0.4, 0.5) is 11.4 Å². The molecule has 0 radical (unpaired) electrons. The average molecular weight is 291 g/mol. The zero-order chi connectivity index (χ0) is 14.7.